The molecule has 2 rings (SSSR count). The van der Waals surface area contributed by atoms with Crippen LogP contribution in [0.5, 0.6) is 0 Å². The van der Waals surface area contributed by atoms with Crippen LogP contribution in [0.15, 0.2) is 5.38 Å². The van der Waals surface area contributed by atoms with Crippen molar-refractivity contribution in [2.45, 2.75) is 57.5 Å². The second-order valence-electron chi connectivity index (χ2n) is 5.24. The molecular weight excluding hydrogens is 274 g/mol. The van der Waals surface area contributed by atoms with Gasteiger partial charge in [-0.1, -0.05) is 25.7 Å². The van der Waals surface area contributed by atoms with Crippen LogP contribution in [0.3, 0.4) is 0 Å². The maximum atomic E-state index is 11.5. The van der Waals surface area contributed by atoms with E-state index < -0.39 is 0 Å². The monoisotopic (exact) mass is 297 g/mol. The Morgan fingerprint density at radius 2 is 2.05 bits per heavy atom. The number of carbonyl (C=O) groups excluding carboxylic acids is 1. The highest BCUT2D eigenvalue weighted by molar-refractivity contribution is 7.09. The summed E-state index contributed by atoms with van der Waals surface area (Å²) in [5, 5.41) is 2.97. The Bertz CT molecular complexity index is 436. The maximum absolute atomic E-state index is 11.5. The lowest BCUT2D eigenvalue weighted by Gasteiger charge is -2.29. The smallest absolute Gasteiger partial charge is 0.311 e. The van der Waals surface area contributed by atoms with Crippen LogP contribution in [-0.2, 0) is 26.3 Å². The van der Waals surface area contributed by atoms with Gasteiger partial charge in [0.25, 0.3) is 0 Å². The van der Waals surface area contributed by atoms with Crippen molar-refractivity contribution in [2.24, 2.45) is 0 Å². The molecule has 0 N–H and O–H groups in total. The molecule has 4 nitrogen and oxygen atoms in total. The lowest BCUT2D eigenvalue weighted by molar-refractivity contribution is -0.142. The molecule has 0 unspecified atom stereocenters. The van der Waals surface area contributed by atoms with E-state index in [4.69, 9.17) is 9.47 Å². The minimum absolute atomic E-state index is 0.211. The lowest BCUT2D eigenvalue weighted by atomic mass is 9.95. The predicted octanol–water partition coefficient (Wildman–Crippen LogP) is 3.44. The summed E-state index contributed by atoms with van der Waals surface area (Å²) in [6.45, 7) is 2.23. The first-order chi connectivity index (χ1) is 9.70. The number of hydrogen-bond donors (Lipinski definition) is 0. The SMILES string of the molecule is CCOC(=O)Cc1csc(C2(OC)CCCCCC2)n1. The first kappa shape index (κ1) is 15.4. The van der Waals surface area contributed by atoms with Gasteiger partial charge in [0.2, 0.25) is 0 Å². The Labute approximate surface area is 124 Å². The fourth-order valence-corrected chi connectivity index (χ4v) is 3.82. The molecule has 1 aromatic heterocycles. The molecule has 0 aliphatic heterocycles. The first-order valence-corrected chi connectivity index (χ1v) is 8.24. The molecule has 112 valence electrons. The average molecular weight is 297 g/mol. The zero-order valence-corrected chi connectivity index (χ0v) is 13.1. The zero-order chi connectivity index (χ0) is 14.4. The molecule has 1 aliphatic rings. The molecule has 1 heterocycles. The number of hydrogen-bond acceptors (Lipinski definition) is 5. The van der Waals surface area contributed by atoms with E-state index in [2.05, 4.69) is 4.98 Å². The third-order valence-corrected chi connectivity index (χ3v) is 4.95. The van der Waals surface area contributed by atoms with Crippen molar-refractivity contribution in [1.29, 1.82) is 0 Å². The van der Waals surface area contributed by atoms with E-state index in [1.807, 2.05) is 12.3 Å². The summed E-state index contributed by atoms with van der Waals surface area (Å²) in [6, 6.07) is 0. The van der Waals surface area contributed by atoms with Crippen LogP contribution in [0, 0.1) is 0 Å². The third-order valence-electron chi connectivity index (χ3n) is 3.87. The van der Waals surface area contributed by atoms with Crippen molar-refractivity contribution < 1.29 is 14.3 Å². The van der Waals surface area contributed by atoms with E-state index in [1.165, 1.54) is 25.7 Å². The normalized spacial score (nSPS) is 18.5. The predicted molar refractivity (Wildman–Crippen MR) is 78.8 cm³/mol. The van der Waals surface area contributed by atoms with E-state index >= 15 is 0 Å². The molecule has 0 aromatic carbocycles. The molecule has 1 fully saturated rings. The topological polar surface area (TPSA) is 48.4 Å². The molecule has 0 radical (unpaired) electrons. The van der Waals surface area contributed by atoms with Gasteiger partial charge in [0.05, 0.1) is 18.7 Å². The Kier molecular flexibility index (Phi) is 5.54. The van der Waals surface area contributed by atoms with Gasteiger partial charge in [-0.05, 0) is 19.8 Å². The molecule has 1 saturated carbocycles. The number of rotatable bonds is 5. The van der Waals surface area contributed by atoms with Crippen LogP contribution in [0.4, 0.5) is 0 Å². The summed E-state index contributed by atoms with van der Waals surface area (Å²) in [5.74, 6) is -0.211. The summed E-state index contributed by atoms with van der Waals surface area (Å²) in [6.07, 6.45) is 7.20. The van der Waals surface area contributed by atoms with Gasteiger partial charge in [-0.2, -0.15) is 0 Å². The Hall–Kier alpha value is -0.940. The minimum atomic E-state index is -0.242. The average Bonchev–Trinajstić information content (AvgIpc) is 2.76. The van der Waals surface area contributed by atoms with Crippen molar-refractivity contribution in [3.05, 3.63) is 16.1 Å². The maximum Gasteiger partial charge on any atom is 0.311 e. The van der Waals surface area contributed by atoms with Crippen LogP contribution in [0.1, 0.15) is 56.2 Å². The molecule has 5 heteroatoms. The molecule has 20 heavy (non-hydrogen) atoms. The number of aromatic nitrogens is 1. The van der Waals surface area contributed by atoms with E-state index in [9.17, 15) is 4.79 Å². The van der Waals surface area contributed by atoms with E-state index in [0.717, 1.165) is 23.5 Å². The van der Waals surface area contributed by atoms with Crippen LogP contribution in [0.25, 0.3) is 0 Å². The van der Waals surface area contributed by atoms with Gasteiger partial charge < -0.3 is 9.47 Å². The molecule has 0 bridgehead atoms. The van der Waals surface area contributed by atoms with Gasteiger partial charge in [0.1, 0.15) is 10.6 Å². The van der Waals surface area contributed by atoms with Crippen molar-refractivity contribution in [2.75, 3.05) is 13.7 Å². The molecular formula is C15H23NO3S. The Morgan fingerprint density at radius 3 is 2.65 bits per heavy atom. The number of nitrogens with zero attached hydrogens (tertiary/aromatic N) is 1. The second kappa shape index (κ2) is 7.18. The third kappa shape index (κ3) is 3.58. The lowest BCUT2D eigenvalue weighted by Crippen LogP contribution is -2.27. The van der Waals surface area contributed by atoms with Gasteiger partial charge in [-0.15, -0.1) is 11.3 Å². The van der Waals surface area contributed by atoms with Gasteiger partial charge in [0, 0.05) is 12.5 Å². The van der Waals surface area contributed by atoms with E-state index in [-0.39, 0.29) is 18.0 Å². The summed E-state index contributed by atoms with van der Waals surface area (Å²) in [5.41, 5.74) is 0.553. The van der Waals surface area contributed by atoms with Gasteiger partial charge in [-0.25, -0.2) is 4.98 Å². The summed E-state index contributed by atoms with van der Waals surface area (Å²) in [7, 11) is 1.78. The summed E-state index contributed by atoms with van der Waals surface area (Å²) >= 11 is 1.60. The first-order valence-electron chi connectivity index (χ1n) is 7.36. The molecule has 1 aliphatic carbocycles. The second-order valence-corrected chi connectivity index (χ2v) is 6.10. The van der Waals surface area contributed by atoms with Crippen molar-refractivity contribution >= 4 is 17.3 Å². The molecule has 0 amide bonds. The van der Waals surface area contributed by atoms with Crippen LogP contribution < -0.4 is 0 Å². The van der Waals surface area contributed by atoms with Crippen molar-refractivity contribution in [3.63, 3.8) is 0 Å². The minimum Gasteiger partial charge on any atom is -0.466 e. The van der Waals surface area contributed by atoms with Gasteiger partial charge >= 0.3 is 5.97 Å². The number of methoxy groups -OCH3 is 1. The number of carbonyl (C=O) groups is 1. The van der Waals surface area contributed by atoms with Crippen LogP contribution >= 0.6 is 11.3 Å². The fraction of sp³-hybridized carbons (Fsp3) is 0.733. The van der Waals surface area contributed by atoms with Crippen molar-refractivity contribution in [3.8, 4) is 0 Å². The number of esters is 1. The molecule has 1 aromatic rings. The zero-order valence-electron chi connectivity index (χ0n) is 12.3. The summed E-state index contributed by atoms with van der Waals surface area (Å²) < 4.78 is 10.8. The number of thiazole rings is 1. The van der Waals surface area contributed by atoms with Crippen molar-refractivity contribution in [1.82, 2.24) is 4.98 Å². The van der Waals surface area contributed by atoms with E-state index in [0.29, 0.717) is 6.61 Å². The summed E-state index contributed by atoms with van der Waals surface area (Å²) in [4.78, 5) is 16.1. The van der Waals surface area contributed by atoms with Gasteiger partial charge in [-0.3, -0.25) is 4.79 Å². The molecule has 0 atom stereocenters. The molecule has 0 saturated heterocycles. The highest BCUT2D eigenvalue weighted by Gasteiger charge is 2.35. The fourth-order valence-electron chi connectivity index (χ4n) is 2.76. The number of ether oxygens (including phenoxy) is 2. The Balaban J connectivity index is 2.10. The largest absolute Gasteiger partial charge is 0.466 e. The highest BCUT2D eigenvalue weighted by Crippen LogP contribution is 2.40. The quantitative estimate of drug-likeness (QED) is 0.617. The van der Waals surface area contributed by atoms with Crippen LogP contribution in [0.2, 0.25) is 0 Å². The standard InChI is InChI=1S/C15H23NO3S/c1-3-19-13(17)10-12-11-20-14(16-12)15(18-2)8-6-4-5-7-9-15/h11H,3-10H2,1-2H3. The van der Waals surface area contributed by atoms with Gasteiger partial charge in [0.15, 0.2) is 0 Å². The van der Waals surface area contributed by atoms with E-state index in [1.54, 1.807) is 18.4 Å². The highest BCUT2D eigenvalue weighted by atomic mass is 32.1. The molecule has 0 spiro atoms. The Morgan fingerprint density at radius 1 is 1.35 bits per heavy atom. The van der Waals surface area contributed by atoms with Crippen LogP contribution in [-0.4, -0.2) is 24.7 Å².